The highest BCUT2D eigenvalue weighted by Crippen LogP contribution is 2.39. The molecule has 2 rings (SSSR count). The Bertz CT molecular complexity index is 997. The quantitative estimate of drug-likeness (QED) is 0.0600. The smallest absolute Gasteiger partial charge is 0.407 e. The third kappa shape index (κ3) is 21.2. The molecule has 12 heteroatoms. The largest absolute Gasteiger partial charge is 0.756 e. The van der Waals surface area contributed by atoms with E-state index in [4.69, 9.17) is 23.6 Å². The minimum atomic E-state index is -4.49. The Kier molecular flexibility index (Phi) is 24.8. The molecule has 280 valence electrons. The third-order valence-electron chi connectivity index (χ3n) is 8.96. The Morgan fingerprint density at radius 1 is 0.917 bits per heavy atom. The number of alkyl carbamates (subject to hydrolysis) is 1. The van der Waals surface area contributed by atoms with E-state index in [2.05, 4.69) is 17.2 Å². The highest BCUT2D eigenvalue weighted by atomic mass is 32.1. The van der Waals surface area contributed by atoms with Crippen LogP contribution in [0.2, 0.25) is 0 Å². The molecular weight excluding hydrogens is 651 g/mol. The number of ether oxygens (including phenoxy) is 2. The molecule has 1 aromatic heterocycles. The van der Waals surface area contributed by atoms with E-state index in [-0.39, 0.29) is 19.8 Å². The van der Waals surface area contributed by atoms with Crippen LogP contribution in [0.15, 0.2) is 0 Å². The van der Waals surface area contributed by atoms with Gasteiger partial charge in [-0.15, -0.1) is 0 Å². The molecule has 2 heterocycles. The average Bonchev–Trinajstić information content (AvgIpc) is 3.42. The number of aromatic nitrogens is 1. The van der Waals surface area contributed by atoms with Gasteiger partial charge in [0.25, 0.3) is 7.82 Å². The lowest BCUT2D eigenvalue weighted by atomic mass is 10.0. The van der Waals surface area contributed by atoms with Gasteiger partial charge in [0.1, 0.15) is 12.2 Å². The van der Waals surface area contributed by atoms with Crippen LogP contribution in [0.25, 0.3) is 0 Å². The number of thiazole rings is 1. The van der Waals surface area contributed by atoms with Crippen molar-refractivity contribution in [2.24, 2.45) is 0 Å². The lowest BCUT2D eigenvalue weighted by Gasteiger charge is -2.33. The van der Waals surface area contributed by atoms with Crippen molar-refractivity contribution in [2.45, 2.75) is 174 Å². The molecule has 3 N–H and O–H groups in total. The molecule has 1 unspecified atom stereocenters. The number of unbranched alkanes of at least 4 members (excludes halogenated alkanes) is 17. The van der Waals surface area contributed by atoms with Gasteiger partial charge in [0.2, 0.25) is 5.01 Å². The number of phosphoric acid groups is 1. The molecule has 0 spiro atoms. The molecule has 0 aromatic carbocycles. The van der Waals surface area contributed by atoms with Crippen LogP contribution in [0, 0.1) is 6.92 Å². The minimum Gasteiger partial charge on any atom is -0.756 e. The molecule has 0 radical (unpaired) electrons. The number of H-pyrrole nitrogens is 1. The lowest BCUT2D eigenvalue weighted by Crippen LogP contribution is -2.43. The van der Waals surface area contributed by atoms with E-state index < -0.39 is 26.1 Å². The molecule has 1 amide bonds. The van der Waals surface area contributed by atoms with Gasteiger partial charge in [-0.25, -0.2) is 9.78 Å². The van der Waals surface area contributed by atoms with E-state index in [0.717, 1.165) is 50.6 Å². The molecule has 1 saturated heterocycles. The van der Waals surface area contributed by atoms with Crippen LogP contribution in [0.1, 0.15) is 157 Å². The monoisotopic (exact) mass is 718 g/mol. The van der Waals surface area contributed by atoms with E-state index in [1.807, 2.05) is 6.92 Å². The van der Waals surface area contributed by atoms with Gasteiger partial charge in [-0.05, 0) is 32.1 Å². The number of hydrogen-bond donors (Lipinski definition) is 2. The molecule has 0 bridgehead atoms. The van der Waals surface area contributed by atoms with Crippen molar-refractivity contribution < 1.29 is 42.9 Å². The summed E-state index contributed by atoms with van der Waals surface area (Å²) < 4.78 is 33.8. The molecule has 48 heavy (non-hydrogen) atoms. The van der Waals surface area contributed by atoms with Gasteiger partial charge in [-0.1, -0.05) is 121 Å². The summed E-state index contributed by atoms with van der Waals surface area (Å²) in [6.07, 6.45) is 24.1. The first kappa shape index (κ1) is 43.1. The van der Waals surface area contributed by atoms with Crippen LogP contribution < -0.4 is 15.2 Å². The van der Waals surface area contributed by atoms with Crippen molar-refractivity contribution in [3.63, 3.8) is 0 Å². The van der Waals surface area contributed by atoms with E-state index >= 15 is 0 Å². The number of aromatic amines is 1. The molecule has 1 aliphatic rings. The van der Waals surface area contributed by atoms with E-state index in [1.165, 1.54) is 93.4 Å². The third-order valence-corrected chi connectivity index (χ3v) is 11.2. The van der Waals surface area contributed by atoms with Gasteiger partial charge in [0, 0.05) is 39.5 Å². The Hall–Kier alpha value is -1.07. The van der Waals surface area contributed by atoms with Crippen molar-refractivity contribution >= 4 is 25.3 Å². The number of carbonyl (C=O) groups is 1. The van der Waals surface area contributed by atoms with Crippen LogP contribution in [0.4, 0.5) is 4.79 Å². The summed E-state index contributed by atoms with van der Waals surface area (Å²) in [5, 5.41) is 13.2. The fourth-order valence-electron chi connectivity index (χ4n) is 6.07. The van der Waals surface area contributed by atoms with Crippen molar-refractivity contribution in [1.29, 1.82) is 0 Å². The Balaban J connectivity index is 1.46. The highest BCUT2D eigenvalue weighted by Gasteiger charge is 2.31. The zero-order chi connectivity index (χ0) is 34.7. The molecule has 3 atom stereocenters. The molecule has 1 aromatic rings. The van der Waals surface area contributed by atoms with Crippen LogP contribution in [0.3, 0.4) is 0 Å². The molecule has 1 aliphatic heterocycles. The summed E-state index contributed by atoms with van der Waals surface area (Å²) >= 11 is 1.71. The number of phosphoric ester groups is 1. The highest BCUT2D eigenvalue weighted by molar-refractivity contribution is 7.45. The van der Waals surface area contributed by atoms with Crippen LogP contribution in [-0.2, 0) is 35.9 Å². The average molecular weight is 719 g/mol. The predicted molar refractivity (Wildman–Crippen MR) is 190 cm³/mol. The maximum absolute atomic E-state index is 12.4. The first-order valence-corrected chi connectivity index (χ1v) is 21.4. The first-order valence-electron chi connectivity index (χ1n) is 19.1. The Labute approximate surface area is 295 Å². The first-order chi connectivity index (χ1) is 23.3. The fraction of sp³-hybridized carbons (Fsp3) is 0.889. The maximum Gasteiger partial charge on any atom is 0.407 e. The predicted octanol–water partition coefficient (Wildman–Crippen LogP) is 8.16. The topological polar surface area (TPSA) is 141 Å². The second-order valence-electron chi connectivity index (χ2n) is 13.3. The van der Waals surface area contributed by atoms with Crippen LogP contribution in [-0.4, -0.2) is 56.4 Å². The summed E-state index contributed by atoms with van der Waals surface area (Å²) in [5.74, 6) is 0. The molecule has 1 fully saturated rings. The van der Waals surface area contributed by atoms with E-state index in [0.29, 0.717) is 32.4 Å². The van der Waals surface area contributed by atoms with Crippen molar-refractivity contribution in [3.05, 3.63) is 15.6 Å². The fourth-order valence-corrected chi connectivity index (χ4v) is 7.97. The molecule has 0 aliphatic carbocycles. The van der Waals surface area contributed by atoms with E-state index in [1.54, 1.807) is 11.3 Å². The molecule has 10 nitrogen and oxygen atoms in total. The van der Waals surface area contributed by atoms with Gasteiger partial charge >= 0.3 is 6.09 Å². The number of aryl methyl sites for hydroxylation is 2. The number of carbonyl (C=O) groups excluding carboxylic acids is 1. The van der Waals surface area contributed by atoms with E-state index in [9.17, 15) is 14.3 Å². The van der Waals surface area contributed by atoms with Crippen LogP contribution >= 0.6 is 19.2 Å². The van der Waals surface area contributed by atoms with Gasteiger partial charge < -0.3 is 33.8 Å². The standard InChI is InChI=1S/C36H67N2O8PS/c1-3-4-5-6-7-8-9-10-11-12-13-14-15-17-20-26-37-36(40)46-32-23-22-28-43-33(32)30-45-47(41,42)44-29-21-18-16-19-24-35-38-31(2)34(48-35)25-27-39/h32-33,39H,3-30H2,1-2H3,(H,37,40)(H,41,42)/t32-,33+/m1/s1. The zero-order valence-electron chi connectivity index (χ0n) is 30.1. The van der Waals surface area contributed by atoms with Crippen molar-refractivity contribution in [1.82, 2.24) is 5.32 Å². The van der Waals surface area contributed by atoms with Crippen molar-refractivity contribution in [3.8, 4) is 0 Å². The van der Waals surface area contributed by atoms with Gasteiger partial charge in [-0.3, -0.25) is 4.57 Å². The minimum absolute atomic E-state index is 0.0683. The number of aliphatic hydroxyl groups is 1. The number of hydrogen-bond acceptors (Lipinski definition) is 9. The van der Waals surface area contributed by atoms with Gasteiger partial charge in [-0.2, -0.15) is 0 Å². The summed E-state index contributed by atoms with van der Waals surface area (Å²) in [5.41, 5.74) is 1.12. The number of nitrogens with one attached hydrogen (secondary N) is 2. The molecule has 0 saturated carbocycles. The number of aliphatic hydroxyl groups excluding tert-OH is 1. The van der Waals surface area contributed by atoms with Crippen LogP contribution in [0.5, 0.6) is 0 Å². The summed E-state index contributed by atoms with van der Waals surface area (Å²) in [4.78, 5) is 29.3. The summed E-state index contributed by atoms with van der Waals surface area (Å²) in [6.45, 7) is 5.30. The number of rotatable bonds is 30. The Morgan fingerprint density at radius 2 is 1.52 bits per heavy atom. The van der Waals surface area contributed by atoms with Gasteiger partial charge in [0.05, 0.1) is 18.1 Å². The second-order valence-corrected chi connectivity index (χ2v) is 15.9. The lowest BCUT2D eigenvalue weighted by molar-refractivity contribution is -0.392. The SMILES string of the molecule is CCCCCCCCCCCCCCCCCNC(=O)O[C@@H]1CCCO[C@H]1COP(=O)([O-])OCCCCCCc1[nH+]c(C)c(CCO)s1. The summed E-state index contributed by atoms with van der Waals surface area (Å²) in [7, 11) is -4.49. The Morgan fingerprint density at radius 3 is 2.17 bits per heavy atom. The zero-order valence-corrected chi connectivity index (χ0v) is 31.8. The number of amides is 1. The second kappa shape index (κ2) is 27.6. The molecular formula is C36H67N2O8PS. The summed E-state index contributed by atoms with van der Waals surface area (Å²) in [6, 6.07) is 0. The maximum atomic E-state index is 12.4. The normalized spacial score (nSPS) is 17.8. The van der Waals surface area contributed by atoms with Gasteiger partial charge in [0.15, 0.2) is 5.69 Å². The van der Waals surface area contributed by atoms with Crippen molar-refractivity contribution in [2.75, 3.05) is 33.0 Å².